The van der Waals surface area contributed by atoms with Crippen molar-refractivity contribution in [2.45, 2.75) is 43.9 Å². The maximum atomic E-state index is 12.7. The second-order valence-electron chi connectivity index (χ2n) is 9.11. The first-order chi connectivity index (χ1) is 16.8. The quantitative estimate of drug-likeness (QED) is 0.473. The van der Waals surface area contributed by atoms with Gasteiger partial charge in [-0.2, -0.15) is 5.26 Å². The lowest BCUT2D eigenvalue weighted by Crippen LogP contribution is -2.46. The lowest BCUT2D eigenvalue weighted by atomic mass is 9.99. The summed E-state index contributed by atoms with van der Waals surface area (Å²) in [5, 5.41) is 26.0. The average molecular weight is 479 g/mol. The zero-order valence-corrected chi connectivity index (χ0v) is 19.9. The van der Waals surface area contributed by atoms with Gasteiger partial charge in [0.1, 0.15) is 17.7 Å². The Morgan fingerprint density at radius 3 is 2.77 bits per heavy atom. The smallest absolute Gasteiger partial charge is 0.408 e. The van der Waals surface area contributed by atoms with Crippen LogP contribution in [0.4, 0.5) is 0 Å². The Balaban J connectivity index is 1.38. The van der Waals surface area contributed by atoms with Crippen molar-refractivity contribution in [2.24, 2.45) is 7.05 Å². The zero-order valence-electron chi connectivity index (χ0n) is 19.9. The van der Waals surface area contributed by atoms with Crippen molar-refractivity contribution in [3.63, 3.8) is 0 Å². The Hall–Kier alpha value is -3.45. The minimum Gasteiger partial charge on any atom is -0.408 e. The Bertz CT molecular complexity index is 1290. The molecule has 1 aromatic heterocycles. The Morgan fingerprint density at radius 2 is 2.06 bits per heavy atom. The Morgan fingerprint density at radius 1 is 1.31 bits per heavy atom. The van der Waals surface area contributed by atoms with Crippen LogP contribution in [0.1, 0.15) is 25.3 Å². The molecule has 0 unspecified atom stereocenters. The van der Waals surface area contributed by atoms with Crippen molar-refractivity contribution in [2.75, 3.05) is 19.7 Å². The van der Waals surface area contributed by atoms with E-state index in [0.717, 1.165) is 23.1 Å². The first kappa shape index (κ1) is 24.7. The highest BCUT2D eigenvalue weighted by atomic mass is 16.5. The number of nitrogens with one attached hydrogen (secondary N) is 2. The van der Waals surface area contributed by atoms with Crippen LogP contribution in [0.25, 0.3) is 22.2 Å². The number of oxazole rings is 1. The normalized spacial score (nSPS) is 21.3. The predicted molar refractivity (Wildman–Crippen MR) is 131 cm³/mol. The second kappa shape index (κ2) is 10.4. The van der Waals surface area contributed by atoms with E-state index < -0.39 is 23.5 Å². The maximum Gasteiger partial charge on any atom is 0.419 e. The molecule has 3 N–H and O–H groups in total. The standard InChI is InChI=1S/C26H30N4O5/c1-3-10-26(33)15-28-14-23(34-16-26)24(31)29-20(13-27)11-17-4-6-18(7-5-17)19-8-9-22-21(12-19)30(2)25(32)35-22/h4-9,12,20,23,28,33H,3,10-11,14-16H2,1-2H3,(H,29,31)/t20-,23-,26-/m0/s1. The third-order valence-corrected chi connectivity index (χ3v) is 6.34. The monoisotopic (exact) mass is 478 g/mol. The van der Waals surface area contributed by atoms with E-state index in [9.17, 15) is 20.0 Å². The number of ether oxygens (including phenoxy) is 1. The van der Waals surface area contributed by atoms with Crippen molar-refractivity contribution in [3.05, 3.63) is 58.6 Å². The van der Waals surface area contributed by atoms with E-state index in [2.05, 4.69) is 16.7 Å². The average Bonchev–Trinajstić information content (AvgIpc) is 3.00. The molecule has 0 saturated carbocycles. The number of aromatic nitrogens is 1. The number of hydrogen-bond acceptors (Lipinski definition) is 7. The fraction of sp³-hybridized carbons (Fsp3) is 0.423. The number of aliphatic hydroxyl groups is 1. The number of nitriles is 1. The largest absolute Gasteiger partial charge is 0.419 e. The molecular formula is C26H30N4O5. The lowest BCUT2D eigenvalue weighted by molar-refractivity contribution is -0.136. The van der Waals surface area contributed by atoms with Crippen LogP contribution in [-0.4, -0.2) is 53.0 Å². The fourth-order valence-electron chi connectivity index (χ4n) is 4.36. The van der Waals surface area contributed by atoms with E-state index in [1.807, 2.05) is 43.3 Å². The molecule has 1 saturated heterocycles. The number of hydrogen-bond donors (Lipinski definition) is 3. The molecular weight excluding hydrogens is 448 g/mol. The maximum absolute atomic E-state index is 12.7. The fourth-order valence-corrected chi connectivity index (χ4v) is 4.36. The molecule has 35 heavy (non-hydrogen) atoms. The van der Waals surface area contributed by atoms with Crippen molar-refractivity contribution >= 4 is 17.0 Å². The van der Waals surface area contributed by atoms with Gasteiger partial charge in [0.25, 0.3) is 5.91 Å². The van der Waals surface area contributed by atoms with Crippen LogP contribution in [0.3, 0.4) is 0 Å². The van der Waals surface area contributed by atoms with E-state index in [4.69, 9.17) is 9.15 Å². The van der Waals surface area contributed by atoms with Gasteiger partial charge in [0, 0.05) is 26.6 Å². The second-order valence-corrected chi connectivity index (χ2v) is 9.11. The van der Waals surface area contributed by atoms with Gasteiger partial charge in [-0.05, 0) is 35.2 Å². The number of amides is 1. The molecule has 1 aliphatic rings. The Labute approximate surface area is 203 Å². The summed E-state index contributed by atoms with van der Waals surface area (Å²) in [6, 6.07) is 14.7. The molecule has 3 atom stereocenters. The third-order valence-electron chi connectivity index (χ3n) is 6.34. The number of β-amino-alcohol motifs (C(OH)–C–C–N with tert-alkyl or cyclic N) is 1. The first-order valence-electron chi connectivity index (χ1n) is 11.8. The summed E-state index contributed by atoms with van der Waals surface area (Å²) in [4.78, 5) is 24.4. The van der Waals surface area contributed by atoms with Gasteiger partial charge in [-0.25, -0.2) is 4.79 Å². The summed E-state index contributed by atoms with van der Waals surface area (Å²) in [6.07, 6.45) is 0.968. The van der Waals surface area contributed by atoms with Gasteiger partial charge < -0.3 is 24.9 Å². The van der Waals surface area contributed by atoms with Crippen molar-refractivity contribution < 1.29 is 19.1 Å². The van der Waals surface area contributed by atoms with E-state index in [1.165, 1.54) is 4.57 Å². The molecule has 9 nitrogen and oxygen atoms in total. The number of benzene rings is 2. The summed E-state index contributed by atoms with van der Waals surface area (Å²) in [6.45, 7) is 2.70. The van der Waals surface area contributed by atoms with Crippen molar-refractivity contribution in [3.8, 4) is 17.2 Å². The van der Waals surface area contributed by atoms with Gasteiger partial charge in [0.15, 0.2) is 5.58 Å². The number of carbonyl (C=O) groups is 1. The molecule has 4 rings (SSSR count). The molecule has 0 radical (unpaired) electrons. The van der Waals surface area contributed by atoms with Crippen molar-refractivity contribution in [1.29, 1.82) is 5.26 Å². The van der Waals surface area contributed by atoms with Crippen LogP contribution < -0.4 is 16.4 Å². The number of aryl methyl sites for hydroxylation is 1. The van der Waals surface area contributed by atoms with Crippen molar-refractivity contribution in [1.82, 2.24) is 15.2 Å². The van der Waals surface area contributed by atoms with Gasteiger partial charge in [-0.15, -0.1) is 0 Å². The van der Waals surface area contributed by atoms with Gasteiger partial charge in [-0.1, -0.05) is 43.7 Å². The minimum atomic E-state index is -0.989. The van der Waals surface area contributed by atoms with Crippen LogP contribution in [0, 0.1) is 11.3 Å². The van der Waals surface area contributed by atoms with E-state index in [-0.39, 0.29) is 19.1 Å². The highest BCUT2D eigenvalue weighted by Crippen LogP contribution is 2.24. The summed E-state index contributed by atoms with van der Waals surface area (Å²) >= 11 is 0. The van der Waals surface area contributed by atoms with Gasteiger partial charge in [0.2, 0.25) is 0 Å². The van der Waals surface area contributed by atoms with Gasteiger partial charge >= 0.3 is 5.76 Å². The SMILES string of the molecule is CCC[C@]1(O)CNC[C@@H](C(=O)N[C@H](C#N)Cc2ccc(-c3ccc4oc(=O)n(C)c4c3)cc2)OC1. The summed E-state index contributed by atoms with van der Waals surface area (Å²) in [5.41, 5.74) is 3.05. The molecule has 1 amide bonds. The molecule has 2 aromatic carbocycles. The molecule has 0 spiro atoms. The highest BCUT2D eigenvalue weighted by molar-refractivity contribution is 5.82. The molecule has 9 heteroatoms. The number of carbonyl (C=O) groups excluding carboxylic acids is 1. The lowest BCUT2D eigenvalue weighted by Gasteiger charge is -2.25. The zero-order chi connectivity index (χ0) is 25.0. The molecule has 0 aliphatic carbocycles. The molecule has 1 fully saturated rings. The minimum absolute atomic E-state index is 0.0728. The van der Waals surface area contributed by atoms with E-state index in [1.54, 1.807) is 13.1 Å². The molecule has 184 valence electrons. The topological polar surface area (TPSA) is 130 Å². The van der Waals surface area contributed by atoms with Crippen LogP contribution in [0.5, 0.6) is 0 Å². The summed E-state index contributed by atoms with van der Waals surface area (Å²) in [5.74, 6) is -0.779. The summed E-state index contributed by atoms with van der Waals surface area (Å²) in [7, 11) is 1.67. The molecule has 1 aliphatic heterocycles. The van der Waals surface area contributed by atoms with Gasteiger partial charge in [0.05, 0.1) is 18.2 Å². The van der Waals surface area contributed by atoms with E-state index >= 15 is 0 Å². The summed E-state index contributed by atoms with van der Waals surface area (Å²) < 4.78 is 12.3. The van der Waals surface area contributed by atoms with Crippen LogP contribution >= 0.6 is 0 Å². The van der Waals surface area contributed by atoms with Crippen LogP contribution in [0.2, 0.25) is 0 Å². The first-order valence-corrected chi connectivity index (χ1v) is 11.8. The number of rotatable bonds is 7. The van der Waals surface area contributed by atoms with E-state index in [0.29, 0.717) is 30.5 Å². The van der Waals surface area contributed by atoms with Crippen LogP contribution in [0.15, 0.2) is 51.7 Å². The third kappa shape index (κ3) is 5.62. The number of fused-ring (bicyclic) bond motifs is 1. The van der Waals surface area contributed by atoms with Crippen LogP contribution in [-0.2, 0) is 23.0 Å². The number of nitrogens with zero attached hydrogens (tertiary/aromatic N) is 2. The molecule has 2 heterocycles. The Kier molecular flexibility index (Phi) is 7.36. The molecule has 0 bridgehead atoms. The molecule has 3 aromatic rings. The predicted octanol–water partition coefficient (Wildman–Crippen LogP) is 1.87. The van der Waals surface area contributed by atoms with Gasteiger partial charge in [-0.3, -0.25) is 9.36 Å². The highest BCUT2D eigenvalue weighted by Gasteiger charge is 2.33.